The van der Waals surface area contributed by atoms with E-state index in [1.807, 2.05) is 0 Å². The molecule has 0 aromatic carbocycles. The van der Waals surface area contributed by atoms with Crippen molar-refractivity contribution in [1.82, 2.24) is 5.32 Å². The van der Waals surface area contributed by atoms with E-state index in [1.54, 1.807) is 0 Å². The second kappa shape index (κ2) is 8.23. The molecule has 0 aliphatic heterocycles. The highest BCUT2D eigenvalue weighted by Crippen LogP contribution is 2.28. The van der Waals surface area contributed by atoms with Crippen molar-refractivity contribution in [3.8, 4) is 0 Å². The maximum absolute atomic E-state index is 9.92. The number of nitrogens with one attached hydrogen (secondary N) is 1. The summed E-state index contributed by atoms with van der Waals surface area (Å²) in [7, 11) is 0. The van der Waals surface area contributed by atoms with Gasteiger partial charge >= 0.3 is 0 Å². The van der Waals surface area contributed by atoms with Gasteiger partial charge in [0.1, 0.15) is 0 Å². The van der Waals surface area contributed by atoms with Crippen LogP contribution in [0.4, 0.5) is 0 Å². The summed E-state index contributed by atoms with van der Waals surface area (Å²) in [4.78, 5) is 0. The Kier molecular flexibility index (Phi) is 6.62. The molecule has 0 spiro atoms. The highest BCUT2D eigenvalue weighted by molar-refractivity contribution is 4.75. The lowest BCUT2D eigenvalue weighted by molar-refractivity contribution is -0.00590. The van der Waals surface area contributed by atoms with Crippen LogP contribution in [0.1, 0.15) is 58.3 Å². The molecule has 3 nitrogen and oxygen atoms in total. The van der Waals surface area contributed by atoms with E-state index in [2.05, 4.69) is 12.2 Å². The number of ether oxygens (including phenoxy) is 1. The normalized spacial score (nSPS) is 30.6. The Balaban J connectivity index is 1.51. The summed E-state index contributed by atoms with van der Waals surface area (Å²) in [5.74, 6) is 1.64. The lowest BCUT2D eigenvalue weighted by Gasteiger charge is -2.29. The van der Waals surface area contributed by atoms with Crippen molar-refractivity contribution in [3.05, 3.63) is 0 Å². The van der Waals surface area contributed by atoms with E-state index in [0.717, 1.165) is 18.4 Å². The average Bonchev–Trinajstić information content (AvgIpc) is 2.92. The fourth-order valence-electron chi connectivity index (χ4n) is 3.49. The fourth-order valence-corrected chi connectivity index (χ4v) is 3.49. The first-order chi connectivity index (χ1) is 9.25. The first kappa shape index (κ1) is 15.3. The molecular weight excluding hydrogens is 238 g/mol. The predicted octanol–water partition coefficient (Wildman–Crippen LogP) is 2.72. The van der Waals surface area contributed by atoms with E-state index >= 15 is 0 Å². The third-order valence-electron chi connectivity index (χ3n) is 4.90. The lowest BCUT2D eigenvalue weighted by Crippen LogP contribution is -2.36. The molecule has 0 aromatic rings. The van der Waals surface area contributed by atoms with Gasteiger partial charge in [0.05, 0.1) is 18.8 Å². The first-order valence-electron chi connectivity index (χ1n) is 8.26. The van der Waals surface area contributed by atoms with E-state index < -0.39 is 0 Å². The monoisotopic (exact) mass is 269 g/mol. The number of hydrogen-bond acceptors (Lipinski definition) is 3. The third-order valence-corrected chi connectivity index (χ3v) is 4.90. The lowest BCUT2D eigenvalue weighted by atomic mass is 9.80. The van der Waals surface area contributed by atoms with E-state index in [-0.39, 0.29) is 6.10 Å². The quantitative estimate of drug-likeness (QED) is 0.746. The molecule has 2 saturated carbocycles. The molecule has 0 saturated heterocycles. The second-order valence-electron chi connectivity index (χ2n) is 6.57. The molecule has 2 aliphatic carbocycles. The Hall–Kier alpha value is -0.120. The van der Waals surface area contributed by atoms with Crippen molar-refractivity contribution in [3.63, 3.8) is 0 Å². The van der Waals surface area contributed by atoms with Crippen molar-refractivity contribution >= 4 is 0 Å². The molecule has 0 heterocycles. The summed E-state index contributed by atoms with van der Waals surface area (Å²) in [5.41, 5.74) is 0. The molecule has 3 atom stereocenters. The summed E-state index contributed by atoms with van der Waals surface area (Å²) in [6, 6.07) is 0. The Labute approximate surface area is 118 Å². The van der Waals surface area contributed by atoms with Gasteiger partial charge in [0.2, 0.25) is 0 Å². The minimum atomic E-state index is -0.348. The SMILES string of the molecule is CC1CCCCC1CNCC(O)COC1CCCC1. The van der Waals surface area contributed by atoms with Crippen LogP contribution in [0.2, 0.25) is 0 Å². The molecule has 0 aromatic heterocycles. The van der Waals surface area contributed by atoms with Gasteiger partial charge in [-0.15, -0.1) is 0 Å². The second-order valence-corrected chi connectivity index (χ2v) is 6.57. The number of aliphatic hydroxyl groups excluding tert-OH is 1. The predicted molar refractivity (Wildman–Crippen MR) is 78.2 cm³/mol. The minimum absolute atomic E-state index is 0.348. The topological polar surface area (TPSA) is 41.5 Å². The van der Waals surface area contributed by atoms with E-state index in [1.165, 1.54) is 51.4 Å². The van der Waals surface area contributed by atoms with Gasteiger partial charge in [-0.05, 0) is 37.6 Å². The molecule has 3 unspecified atom stereocenters. The fraction of sp³-hybridized carbons (Fsp3) is 1.00. The smallest absolute Gasteiger partial charge is 0.0897 e. The molecule has 0 amide bonds. The van der Waals surface area contributed by atoms with Gasteiger partial charge in [0.15, 0.2) is 0 Å². The summed E-state index contributed by atoms with van der Waals surface area (Å²) >= 11 is 0. The molecule has 2 N–H and O–H groups in total. The van der Waals surface area contributed by atoms with Gasteiger partial charge in [-0.3, -0.25) is 0 Å². The van der Waals surface area contributed by atoms with Crippen molar-refractivity contribution in [2.75, 3.05) is 19.7 Å². The minimum Gasteiger partial charge on any atom is -0.389 e. The summed E-state index contributed by atoms with van der Waals surface area (Å²) in [6.45, 7) is 4.60. The Bertz CT molecular complexity index is 241. The van der Waals surface area contributed by atoms with Crippen molar-refractivity contribution < 1.29 is 9.84 Å². The zero-order valence-electron chi connectivity index (χ0n) is 12.4. The van der Waals surface area contributed by atoms with Gasteiger partial charge < -0.3 is 15.2 Å². The summed E-state index contributed by atoms with van der Waals surface area (Å²) in [5, 5.41) is 13.3. The van der Waals surface area contributed by atoms with Crippen LogP contribution in [0, 0.1) is 11.8 Å². The van der Waals surface area contributed by atoms with Crippen molar-refractivity contribution in [2.45, 2.75) is 70.5 Å². The molecule has 0 bridgehead atoms. The van der Waals surface area contributed by atoms with Crippen LogP contribution in [-0.4, -0.2) is 37.0 Å². The number of rotatable bonds is 7. The molecular formula is C16H31NO2. The Morgan fingerprint density at radius 2 is 1.79 bits per heavy atom. The van der Waals surface area contributed by atoms with Gasteiger partial charge in [0.25, 0.3) is 0 Å². The van der Waals surface area contributed by atoms with Crippen LogP contribution in [-0.2, 0) is 4.74 Å². The zero-order chi connectivity index (χ0) is 13.5. The van der Waals surface area contributed by atoms with Crippen LogP contribution in [0.5, 0.6) is 0 Å². The Morgan fingerprint density at radius 1 is 1.11 bits per heavy atom. The highest BCUT2D eigenvalue weighted by atomic mass is 16.5. The van der Waals surface area contributed by atoms with Crippen LogP contribution in [0.3, 0.4) is 0 Å². The molecule has 3 heteroatoms. The summed E-state index contributed by atoms with van der Waals surface area (Å²) < 4.78 is 5.74. The standard InChI is InChI=1S/C16H31NO2/c1-13-6-2-3-7-14(13)10-17-11-15(18)12-19-16-8-4-5-9-16/h13-18H,2-12H2,1H3. The van der Waals surface area contributed by atoms with Gasteiger partial charge in [-0.2, -0.15) is 0 Å². The average molecular weight is 269 g/mol. The Morgan fingerprint density at radius 3 is 2.53 bits per heavy atom. The molecule has 2 aliphatic rings. The van der Waals surface area contributed by atoms with E-state index in [9.17, 15) is 5.11 Å². The number of hydrogen-bond donors (Lipinski definition) is 2. The van der Waals surface area contributed by atoms with E-state index in [0.29, 0.717) is 19.3 Å². The summed E-state index contributed by atoms with van der Waals surface area (Å²) in [6.07, 6.45) is 10.5. The van der Waals surface area contributed by atoms with Crippen molar-refractivity contribution in [1.29, 1.82) is 0 Å². The van der Waals surface area contributed by atoms with Crippen LogP contribution < -0.4 is 5.32 Å². The molecule has 2 fully saturated rings. The van der Waals surface area contributed by atoms with Gasteiger partial charge in [-0.25, -0.2) is 0 Å². The van der Waals surface area contributed by atoms with E-state index in [4.69, 9.17) is 4.74 Å². The molecule has 112 valence electrons. The molecule has 0 radical (unpaired) electrons. The van der Waals surface area contributed by atoms with Crippen LogP contribution >= 0.6 is 0 Å². The maximum atomic E-state index is 9.92. The molecule has 19 heavy (non-hydrogen) atoms. The van der Waals surface area contributed by atoms with Crippen molar-refractivity contribution in [2.24, 2.45) is 11.8 Å². The highest BCUT2D eigenvalue weighted by Gasteiger charge is 2.21. The zero-order valence-corrected chi connectivity index (χ0v) is 12.4. The van der Waals surface area contributed by atoms with Gasteiger partial charge in [-0.1, -0.05) is 39.0 Å². The number of aliphatic hydroxyl groups is 1. The van der Waals surface area contributed by atoms with Crippen LogP contribution in [0.25, 0.3) is 0 Å². The largest absolute Gasteiger partial charge is 0.389 e. The third kappa shape index (κ3) is 5.41. The molecule has 2 rings (SSSR count). The van der Waals surface area contributed by atoms with Gasteiger partial charge in [0, 0.05) is 6.54 Å². The maximum Gasteiger partial charge on any atom is 0.0897 e. The van der Waals surface area contributed by atoms with Crippen LogP contribution in [0.15, 0.2) is 0 Å². The first-order valence-corrected chi connectivity index (χ1v) is 8.26.